The highest BCUT2D eigenvalue weighted by atomic mass is 19.1. The zero-order valence-electron chi connectivity index (χ0n) is 11.7. The smallest absolute Gasteiger partial charge is 0.123 e. The number of methoxy groups -OCH3 is 1. The second-order valence-electron chi connectivity index (χ2n) is 5.70. The van der Waals surface area contributed by atoms with E-state index in [0.717, 1.165) is 18.4 Å². The molecule has 3 nitrogen and oxygen atoms in total. The standard InChI is InChI=1S/C15H23FN2O/c1-15(8-4-3-5-9-15)14(18-17)12-10-11(16)6-7-13(12)19-2/h6-7,10,14,18H,3-5,8-9,17H2,1-2H3. The molecule has 4 heteroatoms. The lowest BCUT2D eigenvalue weighted by Crippen LogP contribution is -2.41. The zero-order chi connectivity index (χ0) is 13.9. The van der Waals surface area contributed by atoms with Gasteiger partial charge < -0.3 is 4.74 Å². The number of halogens is 1. The normalized spacial score (nSPS) is 20.0. The van der Waals surface area contributed by atoms with E-state index in [1.165, 1.54) is 31.4 Å². The van der Waals surface area contributed by atoms with Gasteiger partial charge in [0.15, 0.2) is 0 Å². The van der Waals surface area contributed by atoms with Gasteiger partial charge in [-0.15, -0.1) is 0 Å². The van der Waals surface area contributed by atoms with E-state index in [4.69, 9.17) is 10.6 Å². The fourth-order valence-corrected chi connectivity index (χ4v) is 3.25. The number of hydrazine groups is 1. The molecular weight excluding hydrogens is 243 g/mol. The van der Waals surface area contributed by atoms with E-state index in [-0.39, 0.29) is 17.3 Å². The summed E-state index contributed by atoms with van der Waals surface area (Å²) in [5.41, 5.74) is 3.75. The minimum absolute atomic E-state index is 0.0497. The van der Waals surface area contributed by atoms with E-state index >= 15 is 0 Å². The summed E-state index contributed by atoms with van der Waals surface area (Å²) in [6.45, 7) is 2.22. The Morgan fingerprint density at radius 1 is 1.32 bits per heavy atom. The number of hydrogen-bond donors (Lipinski definition) is 2. The first-order chi connectivity index (χ1) is 9.10. The van der Waals surface area contributed by atoms with Gasteiger partial charge >= 0.3 is 0 Å². The molecule has 1 saturated carbocycles. The topological polar surface area (TPSA) is 47.3 Å². The average molecular weight is 266 g/mol. The number of rotatable bonds is 4. The highest BCUT2D eigenvalue weighted by molar-refractivity contribution is 5.37. The van der Waals surface area contributed by atoms with Crippen LogP contribution in [0.5, 0.6) is 5.75 Å². The number of nitrogens with two attached hydrogens (primary N) is 1. The molecule has 1 aromatic carbocycles. The highest BCUT2D eigenvalue weighted by Gasteiger charge is 2.37. The second-order valence-corrected chi connectivity index (χ2v) is 5.70. The summed E-state index contributed by atoms with van der Waals surface area (Å²) in [7, 11) is 1.60. The maximum absolute atomic E-state index is 13.5. The van der Waals surface area contributed by atoms with Crippen molar-refractivity contribution in [3.63, 3.8) is 0 Å². The molecule has 0 radical (unpaired) electrons. The number of hydrogen-bond acceptors (Lipinski definition) is 3. The monoisotopic (exact) mass is 266 g/mol. The molecule has 1 fully saturated rings. The first kappa shape index (κ1) is 14.3. The Labute approximate surface area is 114 Å². The first-order valence-electron chi connectivity index (χ1n) is 6.90. The molecule has 0 bridgehead atoms. The van der Waals surface area contributed by atoms with Gasteiger partial charge in [-0.25, -0.2) is 4.39 Å². The summed E-state index contributed by atoms with van der Waals surface area (Å²) in [5, 5.41) is 0. The van der Waals surface area contributed by atoms with E-state index in [9.17, 15) is 4.39 Å². The SMILES string of the molecule is COc1ccc(F)cc1C(NN)C1(C)CCCCC1. The minimum Gasteiger partial charge on any atom is -0.496 e. The number of benzene rings is 1. The van der Waals surface area contributed by atoms with Crippen molar-refractivity contribution in [3.05, 3.63) is 29.6 Å². The molecule has 1 aliphatic carbocycles. The summed E-state index contributed by atoms with van der Waals surface area (Å²) in [4.78, 5) is 0. The molecule has 1 aromatic rings. The van der Waals surface area contributed by atoms with Gasteiger partial charge in [-0.05, 0) is 36.5 Å². The van der Waals surface area contributed by atoms with Gasteiger partial charge in [-0.1, -0.05) is 26.2 Å². The van der Waals surface area contributed by atoms with Crippen LogP contribution < -0.4 is 16.0 Å². The zero-order valence-corrected chi connectivity index (χ0v) is 11.7. The molecular formula is C15H23FN2O. The van der Waals surface area contributed by atoms with Crippen molar-refractivity contribution in [1.29, 1.82) is 0 Å². The van der Waals surface area contributed by atoms with E-state index < -0.39 is 0 Å². The molecule has 19 heavy (non-hydrogen) atoms. The lowest BCUT2D eigenvalue weighted by atomic mass is 9.68. The van der Waals surface area contributed by atoms with Gasteiger partial charge in [-0.3, -0.25) is 11.3 Å². The van der Waals surface area contributed by atoms with Crippen LogP contribution >= 0.6 is 0 Å². The highest BCUT2D eigenvalue weighted by Crippen LogP contribution is 2.47. The molecule has 106 valence electrons. The Kier molecular flexibility index (Phi) is 4.42. The summed E-state index contributed by atoms with van der Waals surface area (Å²) in [6, 6.07) is 4.53. The van der Waals surface area contributed by atoms with Crippen LogP contribution in [0.4, 0.5) is 4.39 Å². The van der Waals surface area contributed by atoms with Crippen molar-refractivity contribution in [2.75, 3.05) is 7.11 Å². The molecule has 0 heterocycles. The molecule has 3 N–H and O–H groups in total. The molecule has 0 saturated heterocycles. The third kappa shape index (κ3) is 2.90. The maximum atomic E-state index is 13.5. The van der Waals surface area contributed by atoms with Crippen molar-refractivity contribution < 1.29 is 9.13 Å². The fraction of sp³-hybridized carbons (Fsp3) is 0.600. The van der Waals surface area contributed by atoms with E-state index in [1.807, 2.05) is 0 Å². The van der Waals surface area contributed by atoms with Gasteiger partial charge in [0, 0.05) is 5.56 Å². The fourth-order valence-electron chi connectivity index (χ4n) is 3.25. The van der Waals surface area contributed by atoms with Crippen LogP contribution in [0.1, 0.15) is 50.6 Å². The van der Waals surface area contributed by atoms with Crippen LogP contribution in [0.25, 0.3) is 0 Å². The Balaban J connectivity index is 2.38. The van der Waals surface area contributed by atoms with Crippen LogP contribution in [0.3, 0.4) is 0 Å². The van der Waals surface area contributed by atoms with Crippen LogP contribution in [-0.2, 0) is 0 Å². The van der Waals surface area contributed by atoms with Gasteiger partial charge in [0.05, 0.1) is 13.2 Å². The largest absolute Gasteiger partial charge is 0.496 e. The van der Waals surface area contributed by atoms with E-state index in [0.29, 0.717) is 5.75 Å². The third-order valence-corrected chi connectivity index (χ3v) is 4.36. The van der Waals surface area contributed by atoms with Crippen LogP contribution in [0, 0.1) is 11.2 Å². The lowest BCUT2D eigenvalue weighted by Gasteiger charge is -2.41. The summed E-state index contributed by atoms with van der Waals surface area (Å²) < 4.78 is 18.9. The third-order valence-electron chi connectivity index (χ3n) is 4.36. The Bertz CT molecular complexity index is 430. The molecule has 1 unspecified atom stereocenters. The van der Waals surface area contributed by atoms with Gasteiger partial charge in [0.2, 0.25) is 0 Å². The molecule has 0 amide bonds. The molecule has 0 spiro atoms. The predicted octanol–water partition coefficient (Wildman–Crippen LogP) is 3.31. The summed E-state index contributed by atoms with van der Waals surface area (Å²) >= 11 is 0. The van der Waals surface area contributed by atoms with E-state index in [2.05, 4.69) is 12.3 Å². The van der Waals surface area contributed by atoms with Gasteiger partial charge in [0.25, 0.3) is 0 Å². The van der Waals surface area contributed by atoms with Crippen molar-refractivity contribution in [2.45, 2.75) is 45.1 Å². The van der Waals surface area contributed by atoms with Crippen LogP contribution in [0.2, 0.25) is 0 Å². The first-order valence-corrected chi connectivity index (χ1v) is 6.90. The predicted molar refractivity (Wildman–Crippen MR) is 74.2 cm³/mol. The molecule has 0 aromatic heterocycles. The lowest BCUT2D eigenvalue weighted by molar-refractivity contribution is 0.142. The quantitative estimate of drug-likeness (QED) is 0.649. The Morgan fingerprint density at radius 3 is 2.58 bits per heavy atom. The number of nitrogens with one attached hydrogen (secondary N) is 1. The maximum Gasteiger partial charge on any atom is 0.123 e. The minimum atomic E-state index is -0.254. The number of ether oxygens (including phenoxy) is 1. The van der Waals surface area contributed by atoms with Crippen LogP contribution in [-0.4, -0.2) is 7.11 Å². The Morgan fingerprint density at radius 2 is 2.00 bits per heavy atom. The second kappa shape index (κ2) is 5.88. The average Bonchev–Trinajstić information content (AvgIpc) is 2.40. The van der Waals surface area contributed by atoms with Crippen molar-refractivity contribution in [1.82, 2.24) is 5.43 Å². The van der Waals surface area contributed by atoms with Gasteiger partial charge in [0.1, 0.15) is 11.6 Å². The van der Waals surface area contributed by atoms with Crippen molar-refractivity contribution >= 4 is 0 Å². The summed E-state index contributed by atoms with van der Waals surface area (Å²) in [6.07, 6.45) is 5.87. The molecule has 0 aliphatic heterocycles. The van der Waals surface area contributed by atoms with E-state index in [1.54, 1.807) is 13.2 Å². The molecule has 2 rings (SSSR count). The van der Waals surface area contributed by atoms with Crippen LogP contribution in [0.15, 0.2) is 18.2 Å². The Hall–Kier alpha value is -1.13. The summed E-state index contributed by atoms with van der Waals surface area (Å²) in [5.74, 6) is 6.20. The molecule has 1 aliphatic rings. The van der Waals surface area contributed by atoms with Crippen molar-refractivity contribution in [2.24, 2.45) is 11.3 Å². The molecule has 1 atom stereocenters. The van der Waals surface area contributed by atoms with Gasteiger partial charge in [-0.2, -0.15) is 0 Å². The van der Waals surface area contributed by atoms with Crippen molar-refractivity contribution in [3.8, 4) is 5.75 Å².